The molecule has 2 aromatic heterocycles. The first-order chi connectivity index (χ1) is 22.7. The number of esters is 4. The standard InChI is InChI=1S/C28H32N4O16/c1-11(33)43-16(20-22(44-12(2)34)24(46-14(4)36)26(48-20)32-8-6-18(38)30-28(32)40)10-41-15-9-42-21-19(15)47-25(23(21)45-13(3)35)31-7-5-17(37)29-27(31)39/h5-8,15-16,19-26H,9-10H2,1-4H3,(H,29,37,39)(H,30,38,40)/t15-,16-,19-,20-,21+,22-,23-,24-,25-,26-/m1/s1. The molecule has 3 aliphatic heterocycles. The number of fused-ring (bicyclic) bond motifs is 1. The zero-order chi connectivity index (χ0) is 34.9. The minimum Gasteiger partial charge on any atom is -0.457 e. The summed E-state index contributed by atoms with van der Waals surface area (Å²) in [7, 11) is 0. The lowest BCUT2D eigenvalue weighted by Crippen LogP contribution is -2.47. The van der Waals surface area contributed by atoms with E-state index < -0.39 is 114 Å². The number of ether oxygens (including phenoxy) is 8. The van der Waals surface area contributed by atoms with Gasteiger partial charge >= 0.3 is 35.3 Å². The highest BCUT2D eigenvalue weighted by atomic mass is 16.7. The van der Waals surface area contributed by atoms with E-state index in [1.54, 1.807) is 0 Å². The van der Waals surface area contributed by atoms with Gasteiger partial charge in [-0.25, -0.2) is 9.59 Å². The van der Waals surface area contributed by atoms with Crippen LogP contribution in [0.4, 0.5) is 0 Å². The minimum absolute atomic E-state index is 0.0997. The summed E-state index contributed by atoms with van der Waals surface area (Å²) in [5.41, 5.74) is -3.13. The van der Waals surface area contributed by atoms with Crippen molar-refractivity contribution in [2.75, 3.05) is 13.2 Å². The average molecular weight is 681 g/mol. The second-order valence-electron chi connectivity index (χ2n) is 11.1. The number of nitrogens with zero attached hydrogens (tertiary/aromatic N) is 2. The van der Waals surface area contributed by atoms with Gasteiger partial charge in [-0.05, 0) is 0 Å². The second-order valence-corrected chi connectivity index (χ2v) is 11.1. The first kappa shape index (κ1) is 34.4. The highest BCUT2D eigenvalue weighted by molar-refractivity contribution is 5.68. The summed E-state index contributed by atoms with van der Waals surface area (Å²) in [6, 6.07) is 2.10. The lowest BCUT2D eigenvalue weighted by molar-refractivity contribution is -0.180. The van der Waals surface area contributed by atoms with Gasteiger partial charge in [0.05, 0.1) is 13.2 Å². The van der Waals surface area contributed by atoms with Crippen molar-refractivity contribution in [2.24, 2.45) is 0 Å². The van der Waals surface area contributed by atoms with Crippen LogP contribution in [0.1, 0.15) is 40.2 Å². The number of rotatable bonds is 10. The van der Waals surface area contributed by atoms with E-state index in [-0.39, 0.29) is 6.61 Å². The smallest absolute Gasteiger partial charge is 0.330 e. The Balaban J connectivity index is 1.42. The van der Waals surface area contributed by atoms with Crippen molar-refractivity contribution in [2.45, 2.75) is 89.0 Å². The molecule has 5 heterocycles. The Kier molecular flexibility index (Phi) is 10.1. The van der Waals surface area contributed by atoms with Crippen molar-refractivity contribution in [3.8, 4) is 0 Å². The number of hydrogen-bond donors (Lipinski definition) is 2. The van der Waals surface area contributed by atoms with Crippen LogP contribution >= 0.6 is 0 Å². The summed E-state index contributed by atoms with van der Waals surface area (Å²) in [4.78, 5) is 101. The van der Waals surface area contributed by atoms with Crippen molar-refractivity contribution in [1.82, 2.24) is 19.1 Å². The van der Waals surface area contributed by atoms with E-state index in [0.717, 1.165) is 55.2 Å². The highest BCUT2D eigenvalue weighted by Crippen LogP contribution is 2.40. The van der Waals surface area contributed by atoms with Gasteiger partial charge in [0.15, 0.2) is 36.9 Å². The van der Waals surface area contributed by atoms with Crippen LogP contribution in [0.15, 0.2) is 43.7 Å². The molecule has 0 amide bonds. The third-order valence-electron chi connectivity index (χ3n) is 7.58. The van der Waals surface area contributed by atoms with E-state index >= 15 is 0 Å². The molecule has 10 atom stereocenters. The predicted octanol–water partition coefficient (Wildman–Crippen LogP) is -2.61. The van der Waals surface area contributed by atoms with Crippen molar-refractivity contribution < 1.29 is 57.1 Å². The third-order valence-corrected chi connectivity index (χ3v) is 7.58. The van der Waals surface area contributed by atoms with Gasteiger partial charge in [-0.3, -0.25) is 47.9 Å². The number of carbonyl (C=O) groups excluding carboxylic acids is 4. The van der Waals surface area contributed by atoms with Crippen LogP contribution in [0, 0.1) is 0 Å². The van der Waals surface area contributed by atoms with Crippen LogP contribution < -0.4 is 22.5 Å². The van der Waals surface area contributed by atoms with E-state index in [1.807, 2.05) is 0 Å². The van der Waals surface area contributed by atoms with E-state index in [2.05, 4.69) is 9.97 Å². The first-order valence-corrected chi connectivity index (χ1v) is 14.6. The maximum absolute atomic E-state index is 12.7. The molecule has 20 heteroatoms. The van der Waals surface area contributed by atoms with Crippen LogP contribution in [0.3, 0.4) is 0 Å². The van der Waals surface area contributed by atoms with Crippen molar-refractivity contribution >= 4 is 23.9 Å². The highest BCUT2D eigenvalue weighted by Gasteiger charge is 2.57. The Morgan fingerprint density at radius 1 is 0.750 bits per heavy atom. The summed E-state index contributed by atoms with van der Waals surface area (Å²) < 4.78 is 47.8. The molecule has 5 rings (SSSR count). The van der Waals surface area contributed by atoms with Crippen molar-refractivity contribution in [3.63, 3.8) is 0 Å². The molecule has 0 saturated carbocycles. The molecular weight excluding hydrogens is 648 g/mol. The van der Waals surface area contributed by atoms with Gasteiger partial charge in [0.25, 0.3) is 11.1 Å². The maximum Gasteiger partial charge on any atom is 0.330 e. The van der Waals surface area contributed by atoms with Crippen molar-refractivity contribution in [3.05, 3.63) is 66.2 Å². The Morgan fingerprint density at radius 3 is 1.79 bits per heavy atom. The average Bonchev–Trinajstić information content (AvgIpc) is 3.64. The normalized spacial score (nSPS) is 29.9. The number of aromatic nitrogens is 4. The third kappa shape index (κ3) is 7.30. The summed E-state index contributed by atoms with van der Waals surface area (Å²) in [5, 5.41) is 0. The summed E-state index contributed by atoms with van der Waals surface area (Å²) in [6.07, 6.45) is -9.95. The molecule has 3 aliphatic rings. The number of H-pyrrole nitrogens is 2. The molecule has 20 nitrogen and oxygen atoms in total. The maximum atomic E-state index is 12.7. The fraction of sp³-hybridized carbons (Fsp3) is 0.571. The zero-order valence-electron chi connectivity index (χ0n) is 25.9. The largest absolute Gasteiger partial charge is 0.457 e. The van der Waals surface area contributed by atoms with Gasteiger partial charge in [-0.1, -0.05) is 0 Å². The second kappa shape index (κ2) is 14.1. The molecule has 260 valence electrons. The topological polar surface area (TPSA) is 252 Å². The quantitative estimate of drug-likeness (QED) is 0.193. The van der Waals surface area contributed by atoms with E-state index in [0.29, 0.717) is 0 Å². The molecule has 2 N–H and O–H groups in total. The van der Waals surface area contributed by atoms with E-state index in [4.69, 9.17) is 37.9 Å². The lowest BCUT2D eigenvalue weighted by Gasteiger charge is -2.29. The molecule has 0 aromatic carbocycles. The van der Waals surface area contributed by atoms with Crippen LogP contribution in [-0.4, -0.2) is 105 Å². The van der Waals surface area contributed by atoms with Gasteiger partial charge in [0, 0.05) is 52.2 Å². The molecule has 0 unspecified atom stereocenters. The Hall–Kier alpha value is -4.92. The molecule has 0 spiro atoms. The molecule has 0 radical (unpaired) electrons. The molecule has 3 saturated heterocycles. The monoisotopic (exact) mass is 680 g/mol. The summed E-state index contributed by atoms with van der Waals surface area (Å²) in [6.45, 7) is 3.86. The molecule has 3 fully saturated rings. The van der Waals surface area contributed by atoms with Gasteiger partial charge in [0.1, 0.15) is 24.4 Å². The van der Waals surface area contributed by atoms with Crippen LogP contribution in [-0.2, 0) is 57.1 Å². The number of carbonyl (C=O) groups is 4. The van der Waals surface area contributed by atoms with Gasteiger partial charge in [-0.15, -0.1) is 0 Å². The number of hydrogen-bond acceptors (Lipinski definition) is 16. The van der Waals surface area contributed by atoms with Crippen molar-refractivity contribution in [1.29, 1.82) is 0 Å². The first-order valence-electron chi connectivity index (χ1n) is 14.6. The van der Waals surface area contributed by atoms with E-state index in [9.17, 15) is 38.4 Å². The minimum atomic E-state index is -1.45. The Morgan fingerprint density at radius 2 is 1.27 bits per heavy atom. The van der Waals surface area contributed by atoms with Gasteiger partial charge in [0.2, 0.25) is 0 Å². The van der Waals surface area contributed by atoms with Crippen LogP contribution in [0.2, 0.25) is 0 Å². The fourth-order valence-electron chi connectivity index (χ4n) is 5.85. The number of aromatic amines is 2. The van der Waals surface area contributed by atoms with Crippen LogP contribution in [0.25, 0.3) is 0 Å². The SMILES string of the molecule is CC(=O)O[C@H]1[C@@H](OC(C)=O)[C@H](n2ccc(=O)[nH]c2=O)O[C@@H]1[C@@H](CO[C@@H]1CO[C@@H]2[C@@H](OC(C)=O)[C@H](n3ccc(=O)[nH]c3=O)O[C@@H]21)OC(C)=O. The van der Waals surface area contributed by atoms with Gasteiger partial charge in [-0.2, -0.15) is 0 Å². The molecule has 0 aliphatic carbocycles. The summed E-state index contributed by atoms with van der Waals surface area (Å²) >= 11 is 0. The zero-order valence-corrected chi connectivity index (χ0v) is 25.9. The molecular formula is C28H32N4O16. The molecule has 48 heavy (non-hydrogen) atoms. The Labute approximate surface area is 268 Å². The van der Waals surface area contributed by atoms with E-state index in [1.165, 1.54) is 6.20 Å². The number of nitrogens with one attached hydrogen (secondary N) is 2. The summed E-state index contributed by atoms with van der Waals surface area (Å²) in [5.74, 6) is -3.14. The molecule has 2 aromatic rings. The van der Waals surface area contributed by atoms with Crippen LogP contribution in [0.5, 0.6) is 0 Å². The van der Waals surface area contributed by atoms with Gasteiger partial charge < -0.3 is 37.9 Å². The molecule has 0 bridgehead atoms. The fourth-order valence-corrected chi connectivity index (χ4v) is 5.85. The Bertz CT molecular complexity index is 1800. The lowest BCUT2D eigenvalue weighted by atomic mass is 10.0. The predicted molar refractivity (Wildman–Crippen MR) is 152 cm³/mol.